The van der Waals surface area contributed by atoms with Crippen LogP contribution in [0.1, 0.15) is 27.7 Å². The fourth-order valence-electron chi connectivity index (χ4n) is 0.667. The lowest BCUT2D eigenvalue weighted by molar-refractivity contribution is -0.809. The fourth-order valence-corrected chi connectivity index (χ4v) is 0.667. The molecule has 0 aromatic rings. The van der Waals surface area contributed by atoms with Gasteiger partial charge in [-0.3, -0.25) is 0 Å². The van der Waals surface area contributed by atoms with Crippen molar-refractivity contribution in [3.63, 3.8) is 0 Å². The Morgan fingerprint density at radius 3 is 1.22 bits per heavy atom. The van der Waals surface area contributed by atoms with Crippen molar-refractivity contribution in [2.24, 2.45) is 0 Å². The molecule has 1 N–H and O–H groups in total. The van der Waals surface area contributed by atoms with Crippen LogP contribution in [0.3, 0.4) is 0 Å². The maximum absolute atomic E-state index is 2.81. The first-order valence-corrected chi connectivity index (χ1v) is 3.75. The Balaban J connectivity index is 0. The van der Waals surface area contributed by atoms with Gasteiger partial charge in [-0.1, -0.05) is 0 Å². The number of hydrogen-bond acceptors (Lipinski definition) is 0. The summed E-state index contributed by atoms with van der Waals surface area (Å²) in [5.41, 5.74) is 0. The molecule has 3 heteroatoms. The third-order valence-electron chi connectivity index (χ3n) is 1.33. The molecule has 0 bridgehead atoms. The zero-order valence-corrected chi connectivity index (χ0v) is 8.52. The molecule has 0 aliphatic rings. The predicted octanol–water partition coefficient (Wildman–Crippen LogP) is -2.52. The lowest BCUT2D eigenvalue weighted by Gasteiger charge is -2.21. The van der Waals surface area contributed by atoms with E-state index in [1.807, 2.05) is 0 Å². The summed E-state index contributed by atoms with van der Waals surface area (Å²) in [7, 11) is 2.81. The minimum atomic E-state index is 0. The molecule has 58 valence electrons. The first-order valence-electron chi connectivity index (χ1n) is 3.18. The Morgan fingerprint density at radius 2 is 1.22 bits per heavy atom. The van der Waals surface area contributed by atoms with Gasteiger partial charge in [0.2, 0.25) is 0 Å². The molecule has 0 saturated carbocycles. The fraction of sp³-hybridized carbons (Fsp3) is 1.00. The van der Waals surface area contributed by atoms with Gasteiger partial charge in [-0.2, -0.15) is 0 Å². The molecule has 0 aromatic heterocycles. The molecule has 9 heavy (non-hydrogen) atoms. The highest BCUT2D eigenvalue weighted by Gasteiger charge is 2.09. The molecule has 0 aliphatic carbocycles. The van der Waals surface area contributed by atoms with Crippen LogP contribution in [0, 0.1) is 0 Å². The lowest BCUT2D eigenvalue weighted by Crippen LogP contribution is -3.09. The van der Waals surface area contributed by atoms with Crippen molar-refractivity contribution >= 4 is 9.39 Å². The van der Waals surface area contributed by atoms with Crippen LogP contribution in [-0.4, -0.2) is 12.1 Å². The molecule has 0 aliphatic heterocycles. The second-order valence-corrected chi connectivity index (χ2v) is 3.48. The average Bonchev–Trinajstić information content (AvgIpc) is 1.64. The third-order valence-corrected chi connectivity index (χ3v) is 2.67. The van der Waals surface area contributed by atoms with Crippen molar-refractivity contribution in [1.29, 1.82) is 0 Å². The first-order chi connectivity index (χ1) is 3.55. The van der Waals surface area contributed by atoms with Crippen LogP contribution in [-0.2, 0) is 0 Å². The molecule has 1 nitrogen and oxygen atoms in total. The summed E-state index contributed by atoms with van der Waals surface area (Å²) in [5, 5.41) is 0. The Bertz CT molecular complexity index is 58.1. The zero-order valence-electron chi connectivity index (χ0n) is 6.61. The van der Waals surface area contributed by atoms with E-state index >= 15 is 0 Å². The van der Waals surface area contributed by atoms with Crippen molar-refractivity contribution in [1.82, 2.24) is 0 Å². The summed E-state index contributed by atoms with van der Waals surface area (Å²) >= 11 is 0. The van der Waals surface area contributed by atoms with Crippen molar-refractivity contribution in [3.8, 4) is 0 Å². The minimum absolute atomic E-state index is 0. The zero-order chi connectivity index (χ0) is 6.73. The van der Waals surface area contributed by atoms with E-state index in [4.69, 9.17) is 0 Å². The molecule has 0 radical (unpaired) electrons. The third kappa shape index (κ3) is 5.14. The SMILES string of the molecule is CC(C)[NH+](P)C(C)C.[Cl-]. The first kappa shape index (κ1) is 12.4. The van der Waals surface area contributed by atoms with Gasteiger partial charge in [0.25, 0.3) is 0 Å². The highest BCUT2D eigenvalue weighted by Crippen LogP contribution is 1.78. The Morgan fingerprint density at radius 1 is 1.00 bits per heavy atom. The van der Waals surface area contributed by atoms with E-state index in [1.54, 1.807) is 0 Å². The van der Waals surface area contributed by atoms with E-state index in [1.165, 1.54) is 4.67 Å². The van der Waals surface area contributed by atoms with Crippen molar-refractivity contribution in [2.45, 2.75) is 39.8 Å². The summed E-state index contributed by atoms with van der Waals surface area (Å²) in [6, 6.07) is 1.44. The largest absolute Gasteiger partial charge is 1.00 e. The molecule has 0 spiro atoms. The van der Waals surface area contributed by atoms with Gasteiger partial charge in [0.15, 0.2) is 0 Å². The summed E-state index contributed by atoms with van der Waals surface area (Å²) in [6.45, 7) is 8.90. The van der Waals surface area contributed by atoms with E-state index in [2.05, 4.69) is 37.1 Å². The number of rotatable bonds is 2. The highest BCUT2D eigenvalue weighted by atomic mass is 35.5. The van der Waals surface area contributed by atoms with Gasteiger partial charge in [-0.25, -0.2) is 0 Å². The standard InChI is InChI=1S/C6H16NP.ClH/c1-5(2)7(8)6(3)4;/h5-6H,8H2,1-4H3;1H. The van der Waals surface area contributed by atoms with E-state index in [0.29, 0.717) is 0 Å². The van der Waals surface area contributed by atoms with Gasteiger partial charge in [0.1, 0.15) is 0 Å². The molecule has 0 saturated heterocycles. The highest BCUT2D eigenvalue weighted by molar-refractivity contribution is 7.07. The van der Waals surface area contributed by atoms with Crippen LogP contribution in [0.4, 0.5) is 0 Å². The van der Waals surface area contributed by atoms with E-state index in [9.17, 15) is 0 Å². The second-order valence-electron chi connectivity index (χ2n) is 2.81. The maximum atomic E-state index is 2.81. The van der Waals surface area contributed by atoms with Crippen LogP contribution in [0.25, 0.3) is 0 Å². The van der Waals surface area contributed by atoms with Gasteiger partial charge in [-0.15, -0.1) is 0 Å². The van der Waals surface area contributed by atoms with Crippen LogP contribution in [0.15, 0.2) is 0 Å². The number of nitrogens with one attached hydrogen (secondary N) is 1. The van der Waals surface area contributed by atoms with Crippen molar-refractivity contribution in [3.05, 3.63) is 0 Å². The van der Waals surface area contributed by atoms with Crippen LogP contribution in [0.5, 0.6) is 0 Å². The van der Waals surface area contributed by atoms with Crippen molar-refractivity contribution < 1.29 is 17.1 Å². The van der Waals surface area contributed by atoms with E-state index < -0.39 is 0 Å². The maximum Gasteiger partial charge on any atom is 0.0826 e. The Kier molecular flexibility index (Phi) is 7.51. The molecule has 0 rings (SSSR count). The second kappa shape index (κ2) is 5.46. The summed E-state index contributed by atoms with van der Waals surface area (Å²) in [6.07, 6.45) is 0. The number of halogens is 1. The van der Waals surface area contributed by atoms with Crippen LogP contribution in [0.2, 0.25) is 0 Å². The Labute approximate surface area is 66.9 Å². The monoisotopic (exact) mass is 169 g/mol. The number of hydrogen-bond donors (Lipinski definition) is 1. The van der Waals surface area contributed by atoms with Crippen molar-refractivity contribution in [2.75, 3.05) is 0 Å². The number of quaternary nitrogens is 1. The van der Waals surface area contributed by atoms with Gasteiger partial charge in [0, 0.05) is 0 Å². The molecule has 0 heterocycles. The quantitative estimate of drug-likeness (QED) is 0.436. The van der Waals surface area contributed by atoms with E-state index in [-0.39, 0.29) is 12.4 Å². The molecular weight excluding hydrogens is 152 g/mol. The molecular formula is C6H17ClNP. The summed E-state index contributed by atoms with van der Waals surface area (Å²) in [4.78, 5) is 0. The normalized spacial score (nSPS) is 10.7. The van der Waals surface area contributed by atoms with Gasteiger partial charge < -0.3 is 17.1 Å². The van der Waals surface area contributed by atoms with E-state index in [0.717, 1.165) is 12.1 Å². The Hall–Kier alpha value is 0.680. The van der Waals surface area contributed by atoms with Crippen LogP contribution >= 0.6 is 9.39 Å². The summed E-state index contributed by atoms with van der Waals surface area (Å²) < 4.78 is 1.52. The van der Waals surface area contributed by atoms with Gasteiger partial charge in [-0.05, 0) is 27.7 Å². The summed E-state index contributed by atoms with van der Waals surface area (Å²) in [5.74, 6) is 0. The average molecular weight is 170 g/mol. The van der Waals surface area contributed by atoms with Gasteiger partial charge in [0.05, 0.1) is 21.5 Å². The smallest absolute Gasteiger partial charge is 0.0826 e. The lowest BCUT2D eigenvalue weighted by atomic mass is 10.3. The molecule has 0 fully saturated rings. The molecule has 0 aromatic carbocycles. The van der Waals surface area contributed by atoms with Crippen LogP contribution < -0.4 is 17.1 Å². The van der Waals surface area contributed by atoms with Gasteiger partial charge >= 0.3 is 0 Å². The topological polar surface area (TPSA) is 4.44 Å². The predicted molar refractivity (Wildman–Crippen MR) is 40.9 cm³/mol. The molecule has 1 unspecified atom stereocenters. The minimum Gasteiger partial charge on any atom is -1.00 e. The molecule has 1 atom stereocenters. The molecule has 0 amide bonds.